The van der Waals surface area contributed by atoms with Crippen LogP contribution in [-0.4, -0.2) is 30.9 Å². The number of hydrogen-bond acceptors (Lipinski definition) is 4. The minimum Gasteiger partial charge on any atom is -0.497 e. The van der Waals surface area contributed by atoms with Gasteiger partial charge in [-0.2, -0.15) is 5.10 Å². The van der Waals surface area contributed by atoms with Gasteiger partial charge in [-0.1, -0.05) is 24.3 Å². The smallest absolute Gasteiger partial charge is 0.275 e. The number of amides is 1. The lowest BCUT2D eigenvalue weighted by molar-refractivity contribution is 0.0952. The quantitative estimate of drug-likeness (QED) is 0.347. The maximum absolute atomic E-state index is 12.8. The summed E-state index contributed by atoms with van der Waals surface area (Å²) in [5.74, 6) is 0.992. The monoisotopic (exact) mass is 427 g/mol. The Morgan fingerprint density at radius 3 is 2.28 bits per heavy atom. The molecular weight excluding hydrogens is 402 g/mol. The summed E-state index contributed by atoms with van der Waals surface area (Å²) in [6.45, 7) is 4.06. The molecule has 162 valence electrons. The van der Waals surface area contributed by atoms with E-state index in [4.69, 9.17) is 9.47 Å². The Balaban J connectivity index is 1.55. The van der Waals surface area contributed by atoms with Crippen LogP contribution in [0.25, 0.3) is 16.5 Å². The average Bonchev–Trinajstić information content (AvgIpc) is 3.10. The van der Waals surface area contributed by atoms with Gasteiger partial charge in [-0.25, -0.2) is 5.43 Å². The average molecular weight is 428 g/mol. The van der Waals surface area contributed by atoms with E-state index in [1.807, 2.05) is 80.6 Å². The number of fused-ring (bicyclic) bond motifs is 1. The van der Waals surface area contributed by atoms with Gasteiger partial charge in [-0.15, -0.1) is 0 Å². The van der Waals surface area contributed by atoms with Gasteiger partial charge in [0.05, 0.1) is 26.0 Å². The zero-order chi connectivity index (χ0) is 22.7. The van der Waals surface area contributed by atoms with Crippen LogP contribution in [0.5, 0.6) is 11.5 Å². The fourth-order valence-electron chi connectivity index (χ4n) is 3.83. The molecule has 0 atom stereocenters. The van der Waals surface area contributed by atoms with Gasteiger partial charge in [-0.05, 0) is 67.1 Å². The van der Waals surface area contributed by atoms with Crippen LogP contribution >= 0.6 is 0 Å². The molecule has 0 spiro atoms. The molecule has 0 saturated carbocycles. The van der Waals surface area contributed by atoms with Crippen molar-refractivity contribution in [1.29, 1.82) is 0 Å². The number of ether oxygens (including phenoxy) is 2. The lowest BCUT2D eigenvalue weighted by Gasteiger charge is -2.10. The molecule has 0 bridgehead atoms. The molecule has 6 heteroatoms. The van der Waals surface area contributed by atoms with Crippen molar-refractivity contribution < 1.29 is 14.3 Å². The third-order valence-electron chi connectivity index (χ3n) is 5.48. The van der Waals surface area contributed by atoms with Gasteiger partial charge in [0.15, 0.2) is 0 Å². The number of carbonyl (C=O) groups is 1. The molecule has 0 aliphatic rings. The highest BCUT2D eigenvalue weighted by molar-refractivity contribution is 6.02. The van der Waals surface area contributed by atoms with E-state index in [1.165, 1.54) is 0 Å². The molecule has 0 saturated heterocycles. The predicted molar refractivity (Wildman–Crippen MR) is 127 cm³/mol. The van der Waals surface area contributed by atoms with Crippen LogP contribution in [0.3, 0.4) is 0 Å². The molecule has 0 radical (unpaired) electrons. The number of methoxy groups -OCH3 is 2. The van der Waals surface area contributed by atoms with Gasteiger partial charge in [0.1, 0.15) is 11.5 Å². The highest BCUT2D eigenvalue weighted by atomic mass is 16.5. The second-order valence-electron chi connectivity index (χ2n) is 7.46. The summed E-state index contributed by atoms with van der Waals surface area (Å²) in [5.41, 5.74) is 7.10. The van der Waals surface area contributed by atoms with Gasteiger partial charge in [-0.3, -0.25) is 4.79 Å². The highest BCUT2D eigenvalue weighted by Crippen LogP contribution is 2.26. The van der Waals surface area contributed by atoms with Crippen LogP contribution in [0.4, 0.5) is 0 Å². The summed E-state index contributed by atoms with van der Waals surface area (Å²) in [5, 5.41) is 6.17. The molecule has 3 aromatic carbocycles. The highest BCUT2D eigenvalue weighted by Gasteiger charge is 2.14. The molecule has 4 rings (SSSR count). The Morgan fingerprint density at radius 1 is 0.938 bits per heavy atom. The van der Waals surface area contributed by atoms with Crippen molar-refractivity contribution in [3.05, 3.63) is 89.2 Å². The molecule has 6 nitrogen and oxygen atoms in total. The van der Waals surface area contributed by atoms with Gasteiger partial charge >= 0.3 is 0 Å². The Labute approximate surface area is 187 Å². The van der Waals surface area contributed by atoms with Crippen molar-refractivity contribution in [3.63, 3.8) is 0 Å². The number of carbonyl (C=O) groups excluding carboxylic acids is 1. The SMILES string of the molecule is COc1ccc(-n2c(C)cc(/C=N\NC(=O)c3cc4ccccc4cc3OC)c2C)cc1. The summed E-state index contributed by atoms with van der Waals surface area (Å²) in [4.78, 5) is 12.8. The summed E-state index contributed by atoms with van der Waals surface area (Å²) < 4.78 is 12.8. The first-order valence-corrected chi connectivity index (χ1v) is 10.3. The summed E-state index contributed by atoms with van der Waals surface area (Å²) in [6, 6.07) is 21.4. The van der Waals surface area contributed by atoms with Crippen LogP contribution in [0.1, 0.15) is 27.3 Å². The van der Waals surface area contributed by atoms with E-state index in [0.29, 0.717) is 11.3 Å². The second kappa shape index (κ2) is 8.98. The molecule has 32 heavy (non-hydrogen) atoms. The van der Waals surface area contributed by atoms with E-state index in [1.54, 1.807) is 20.4 Å². The normalized spacial score (nSPS) is 11.1. The lowest BCUT2D eigenvalue weighted by Crippen LogP contribution is -2.18. The first kappa shape index (κ1) is 21.2. The Bertz CT molecular complexity index is 1300. The number of nitrogens with zero attached hydrogens (tertiary/aromatic N) is 2. The fourth-order valence-corrected chi connectivity index (χ4v) is 3.83. The van der Waals surface area contributed by atoms with E-state index in [0.717, 1.165) is 39.2 Å². The number of hydrogen-bond donors (Lipinski definition) is 1. The molecular formula is C26H25N3O3. The minimum atomic E-state index is -0.326. The Kier molecular flexibility index (Phi) is 5.94. The summed E-state index contributed by atoms with van der Waals surface area (Å²) in [6.07, 6.45) is 1.66. The second-order valence-corrected chi connectivity index (χ2v) is 7.46. The van der Waals surface area contributed by atoms with E-state index < -0.39 is 0 Å². The molecule has 0 aliphatic carbocycles. The molecule has 0 aliphatic heterocycles. The van der Waals surface area contributed by atoms with Crippen LogP contribution in [0.2, 0.25) is 0 Å². The first-order chi connectivity index (χ1) is 15.5. The number of aryl methyl sites for hydroxylation is 1. The van der Waals surface area contributed by atoms with Crippen molar-refractivity contribution in [2.45, 2.75) is 13.8 Å². The zero-order valence-corrected chi connectivity index (χ0v) is 18.5. The molecule has 0 unspecified atom stereocenters. The van der Waals surface area contributed by atoms with Crippen molar-refractivity contribution in [2.24, 2.45) is 5.10 Å². The molecule has 1 N–H and O–H groups in total. The van der Waals surface area contributed by atoms with Crippen LogP contribution < -0.4 is 14.9 Å². The molecule has 1 heterocycles. The maximum Gasteiger partial charge on any atom is 0.275 e. The number of aromatic nitrogens is 1. The fraction of sp³-hybridized carbons (Fsp3) is 0.154. The first-order valence-electron chi connectivity index (χ1n) is 10.3. The Hall–Kier alpha value is -4.06. The van der Waals surface area contributed by atoms with Gasteiger partial charge in [0.2, 0.25) is 0 Å². The summed E-state index contributed by atoms with van der Waals surface area (Å²) >= 11 is 0. The van der Waals surface area contributed by atoms with Crippen molar-refractivity contribution in [3.8, 4) is 17.2 Å². The van der Waals surface area contributed by atoms with Crippen molar-refractivity contribution in [1.82, 2.24) is 9.99 Å². The standard InChI is InChI=1S/C26H25N3O3/c1-17-13-21(18(2)29(17)22-9-11-23(31-3)12-10-22)16-27-28-26(30)24-14-19-7-5-6-8-20(19)15-25(24)32-4/h5-16H,1-4H3,(H,28,30)/b27-16-. The predicted octanol–water partition coefficient (Wildman–Crippen LogP) is 5.03. The van der Waals surface area contributed by atoms with Crippen molar-refractivity contribution >= 4 is 22.9 Å². The largest absolute Gasteiger partial charge is 0.497 e. The summed E-state index contributed by atoms with van der Waals surface area (Å²) in [7, 11) is 3.20. The van der Waals surface area contributed by atoms with E-state index in [9.17, 15) is 4.79 Å². The molecule has 0 fully saturated rings. The number of rotatable bonds is 6. The third kappa shape index (κ3) is 4.07. The molecule has 1 aromatic heterocycles. The van der Waals surface area contributed by atoms with E-state index >= 15 is 0 Å². The van der Waals surface area contributed by atoms with Gasteiger partial charge in [0, 0.05) is 22.6 Å². The van der Waals surface area contributed by atoms with E-state index in [2.05, 4.69) is 15.1 Å². The molecule has 4 aromatic rings. The van der Waals surface area contributed by atoms with Gasteiger partial charge < -0.3 is 14.0 Å². The van der Waals surface area contributed by atoms with Crippen LogP contribution in [-0.2, 0) is 0 Å². The zero-order valence-electron chi connectivity index (χ0n) is 18.5. The van der Waals surface area contributed by atoms with Gasteiger partial charge in [0.25, 0.3) is 5.91 Å². The minimum absolute atomic E-state index is 0.326. The number of benzene rings is 3. The van der Waals surface area contributed by atoms with E-state index in [-0.39, 0.29) is 5.91 Å². The Morgan fingerprint density at radius 2 is 1.62 bits per heavy atom. The number of hydrazone groups is 1. The van der Waals surface area contributed by atoms with Crippen molar-refractivity contribution in [2.75, 3.05) is 14.2 Å². The van der Waals surface area contributed by atoms with Crippen LogP contribution in [0, 0.1) is 13.8 Å². The molecule has 1 amide bonds. The topological polar surface area (TPSA) is 64.8 Å². The number of nitrogens with one attached hydrogen (secondary N) is 1. The third-order valence-corrected chi connectivity index (χ3v) is 5.48. The maximum atomic E-state index is 12.8. The lowest BCUT2D eigenvalue weighted by atomic mass is 10.1. The van der Waals surface area contributed by atoms with Crippen LogP contribution in [0.15, 0.2) is 71.8 Å².